The van der Waals surface area contributed by atoms with Gasteiger partial charge in [0.05, 0.1) is 10.5 Å². The van der Waals surface area contributed by atoms with Crippen LogP contribution in [0.15, 0.2) is 48.2 Å². The van der Waals surface area contributed by atoms with Crippen LogP contribution >= 0.6 is 11.6 Å². The quantitative estimate of drug-likeness (QED) is 0.674. The van der Waals surface area contributed by atoms with E-state index in [0.29, 0.717) is 0 Å². The molecule has 0 bridgehead atoms. The summed E-state index contributed by atoms with van der Waals surface area (Å²) < 4.78 is 13.3. The number of hydrogen-bond donors (Lipinski definition) is 1. The molecule has 0 saturated heterocycles. The van der Waals surface area contributed by atoms with E-state index in [0.717, 1.165) is 34.3 Å². The van der Waals surface area contributed by atoms with Gasteiger partial charge in [0, 0.05) is 11.6 Å². The minimum Gasteiger partial charge on any atom is -0.360 e. The number of benzene rings is 2. The van der Waals surface area contributed by atoms with Crippen molar-refractivity contribution in [3.05, 3.63) is 75.7 Å². The molecule has 3 aromatic rings. The average molecular weight is 298 g/mol. The zero-order valence-corrected chi connectivity index (χ0v) is 12.0. The zero-order chi connectivity index (χ0) is 14.4. The highest BCUT2D eigenvalue weighted by Gasteiger charge is 2.15. The number of H-pyrrole nitrogens is 1. The van der Waals surface area contributed by atoms with Gasteiger partial charge < -0.3 is 4.98 Å². The Balaban J connectivity index is 1.68. The second-order valence-electron chi connectivity index (χ2n) is 5.48. The molecule has 104 valence electrons. The van der Waals surface area contributed by atoms with Crippen LogP contribution in [0.3, 0.4) is 0 Å². The zero-order valence-electron chi connectivity index (χ0n) is 11.3. The highest BCUT2D eigenvalue weighted by Crippen LogP contribution is 2.31. The SMILES string of the molecule is Fc1ccc2c(c1)C=C(Cc1c[nH]c3c(Cl)cccc13)C2. The Labute approximate surface area is 127 Å². The van der Waals surface area contributed by atoms with Gasteiger partial charge in [-0.15, -0.1) is 0 Å². The summed E-state index contributed by atoms with van der Waals surface area (Å²) in [7, 11) is 0. The smallest absolute Gasteiger partial charge is 0.123 e. The lowest BCUT2D eigenvalue weighted by Crippen LogP contribution is -1.90. The fourth-order valence-electron chi connectivity index (χ4n) is 3.06. The van der Waals surface area contributed by atoms with Crippen LogP contribution in [0.1, 0.15) is 16.7 Å². The maximum absolute atomic E-state index is 13.3. The van der Waals surface area contributed by atoms with Crippen molar-refractivity contribution in [1.29, 1.82) is 0 Å². The highest BCUT2D eigenvalue weighted by molar-refractivity contribution is 6.35. The van der Waals surface area contributed by atoms with Crippen molar-refractivity contribution < 1.29 is 4.39 Å². The first-order chi connectivity index (χ1) is 10.2. The van der Waals surface area contributed by atoms with Gasteiger partial charge in [-0.05, 0) is 47.7 Å². The molecule has 0 unspecified atom stereocenters. The first kappa shape index (κ1) is 12.7. The van der Waals surface area contributed by atoms with E-state index in [9.17, 15) is 4.39 Å². The van der Waals surface area contributed by atoms with Crippen molar-refractivity contribution in [2.45, 2.75) is 12.8 Å². The number of hydrogen-bond acceptors (Lipinski definition) is 0. The maximum Gasteiger partial charge on any atom is 0.123 e. The Morgan fingerprint density at radius 3 is 3.00 bits per heavy atom. The van der Waals surface area contributed by atoms with Gasteiger partial charge in [0.1, 0.15) is 5.82 Å². The molecule has 0 radical (unpaired) electrons. The molecule has 1 heterocycles. The van der Waals surface area contributed by atoms with E-state index >= 15 is 0 Å². The summed E-state index contributed by atoms with van der Waals surface area (Å²) in [6.07, 6.45) is 5.86. The van der Waals surface area contributed by atoms with Crippen molar-refractivity contribution in [2.24, 2.45) is 0 Å². The van der Waals surface area contributed by atoms with Crippen molar-refractivity contribution in [2.75, 3.05) is 0 Å². The topological polar surface area (TPSA) is 15.8 Å². The predicted molar refractivity (Wildman–Crippen MR) is 85.1 cm³/mol. The van der Waals surface area contributed by atoms with E-state index < -0.39 is 0 Å². The number of halogens is 2. The third-order valence-corrected chi connectivity index (χ3v) is 4.37. The second kappa shape index (κ2) is 4.74. The number of aromatic nitrogens is 1. The van der Waals surface area contributed by atoms with E-state index in [-0.39, 0.29) is 5.82 Å². The molecule has 0 aliphatic heterocycles. The molecule has 3 heteroatoms. The fraction of sp³-hybridized carbons (Fsp3) is 0.111. The molecule has 21 heavy (non-hydrogen) atoms. The summed E-state index contributed by atoms with van der Waals surface area (Å²) in [5, 5.41) is 1.90. The van der Waals surface area contributed by atoms with Crippen LogP contribution in [-0.4, -0.2) is 4.98 Å². The summed E-state index contributed by atoms with van der Waals surface area (Å²) in [6, 6.07) is 10.9. The third-order valence-electron chi connectivity index (χ3n) is 4.05. The molecule has 1 aromatic heterocycles. The molecule has 1 N–H and O–H groups in total. The lowest BCUT2D eigenvalue weighted by molar-refractivity contribution is 0.627. The number of aromatic amines is 1. The fourth-order valence-corrected chi connectivity index (χ4v) is 3.29. The Kier molecular flexibility index (Phi) is 2.86. The van der Waals surface area contributed by atoms with Gasteiger partial charge in [0.25, 0.3) is 0 Å². The Hall–Kier alpha value is -2.06. The third kappa shape index (κ3) is 2.16. The molecule has 0 amide bonds. The second-order valence-corrected chi connectivity index (χ2v) is 5.88. The standard InChI is InChI=1S/C18H13ClFN/c19-17-3-1-2-16-14(10-21-18(16)17)8-11-6-12-4-5-15(20)9-13(12)7-11/h1-5,7,9-10,21H,6,8H2. The molecule has 0 fully saturated rings. The minimum absolute atomic E-state index is 0.176. The van der Waals surface area contributed by atoms with E-state index in [1.165, 1.54) is 22.8 Å². The molecule has 4 rings (SSSR count). The van der Waals surface area contributed by atoms with Crippen LogP contribution in [0.25, 0.3) is 17.0 Å². The van der Waals surface area contributed by atoms with Gasteiger partial charge in [-0.1, -0.05) is 41.4 Å². The molecular weight excluding hydrogens is 285 g/mol. The summed E-state index contributed by atoms with van der Waals surface area (Å²) >= 11 is 6.19. The van der Waals surface area contributed by atoms with Crippen molar-refractivity contribution >= 4 is 28.6 Å². The van der Waals surface area contributed by atoms with E-state index in [1.807, 2.05) is 24.4 Å². The Morgan fingerprint density at radius 1 is 1.19 bits per heavy atom. The largest absolute Gasteiger partial charge is 0.360 e. The maximum atomic E-state index is 13.3. The summed E-state index contributed by atoms with van der Waals surface area (Å²) in [4.78, 5) is 3.24. The molecule has 0 atom stereocenters. The number of allylic oxidation sites excluding steroid dienone is 1. The Morgan fingerprint density at radius 2 is 2.10 bits per heavy atom. The predicted octanol–water partition coefficient (Wildman–Crippen LogP) is 5.14. The minimum atomic E-state index is -0.176. The van der Waals surface area contributed by atoms with E-state index in [2.05, 4.69) is 17.1 Å². The average Bonchev–Trinajstić information content (AvgIpc) is 3.04. The normalized spacial score (nSPS) is 13.5. The van der Waals surface area contributed by atoms with Crippen LogP contribution in [0.5, 0.6) is 0 Å². The molecule has 1 nitrogen and oxygen atoms in total. The van der Waals surface area contributed by atoms with Crippen LogP contribution in [-0.2, 0) is 12.8 Å². The van der Waals surface area contributed by atoms with Crippen LogP contribution in [0.2, 0.25) is 5.02 Å². The van der Waals surface area contributed by atoms with Crippen LogP contribution < -0.4 is 0 Å². The highest BCUT2D eigenvalue weighted by atomic mass is 35.5. The van der Waals surface area contributed by atoms with Gasteiger partial charge in [-0.2, -0.15) is 0 Å². The van der Waals surface area contributed by atoms with Crippen LogP contribution in [0.4, 0.5) is 4.39 Å². The number of fused-ring (bicyclic) bond motifs is 2. The van der Waals surface area contributed by atoms with E-state index in [1.54, 1.807) is 6.07 Å². The number of rotatable bonds is 2. The summed E-state index contributed by atoms with van der Waals surface area (Å²) in [5.41, 5.74) is 5.71. The first-order valence-corrected chi connectivity index (χ1v) is 7.31. The lowest BCUT2D eigenvalue weighted by Gasteiger charge is -2.02. The van der Waals surface area contributed by atoms with Gasteiger partial charge in [0.2, 0.25) is 0 Å². The lowest BCUT2D eigenvalue weighted by atomic mass is 10.0. The number of nitrogens with one attached hydrogen (secondary N) is 1. The molecule has 2 aromatic carbocycles. The first-order valence-electron chi connectivity index (χ1n) is 6.93. The Bertz CT molecular complexity index is 876. The van der Waals surface area contributed by atoms with E-state index in [4.69, 9.17) is 11.6 Å². The summed E-state index contributed by atoms with van der Waals surface area (Å²) in [5.74, 6) is -0.176. The van der Waals surface area contributed by atoms with Gasteiger partial charge in [0.15, 0.2) is 0 Å². The van der Waals surface area contributed by atoms with Gasteiger partial charge >= 0.3 is 0 Å². The van der Waals surface area contributed by atoms with Crippen molar-refractivity contribution in [1.82, 2.24) is 4.98 Å². The van der Waals surface area contributed by atoms with Crippen molar-refractivity contribution in [3.63, 3.8) is 0 Å². The van der Waals surface area contributed by atoms with Gasteiger partial charge in [-0.25, -0.2) is 4.39 Å². The number of para-hydroxylation sites is 1. The van der Waals surface area contributed by atoms with Gasteiger partial charge in [-0.3, -0.25) is 0 Å². The van der Waals surface area contributed by atoms with Crippen molar-refractivity contribution in [3.8, 4) is 0 Å². The molecular formula is C18H13ClFN. The molecule has 0 spiro atoms. The summed E-state index contributed by atoms with van der Waals surface area (Å²) in [6.45, 7) is 0. The molecule has 1 aliphatic rings. The molecule has 1 aliphatic carbocycles. The monoisotopic (exact) mass is 297 g/mol. The van der Waals surface area contributed by atoms with Crippen LogP contribution in [0, 0.1) is 5.82 Å². The molecule has 0 saturated carbocycles.